The number of hydrogen-bond donors (Lipinski definition) is 2. The number of nitrogens with zero attached hydrogens (tertiary/aromatic N) is 1. The number of unbranched alkanes of at least 4 members (excludes halogenated alkanes) is 39. The molecule has 0 rings (SSSR count). The van der Waals surface area contributed by atoms with E-state index in [0.29, 0.717) is 17.4 Å². The lowest BCUT2D eigenvalue weighted by molar-refractivity contribution is -0.870. The number of nitrogens with one attached hydrogen (secondary N) is 1. The minimum atomic E-state index is -4.59. The molecule has 0 saturated heterocycles. The zero-order valence-electron chi connectivity index (χ0n) is 45.4. The van der Waals surface area contributed by atoms with Crippen LogP contribution in [0.2, 0.25) is 0 Å². The Balaban J connectivity index is 4.04. The van der Waals surface area contributed by atoms with E-state index in [1.807, 2.05) is 27.2 Å². The van der Waals surface area contributed by atoms with Crippen molar-refractivity contribution in [1.82, 2.24) is 5.32 Å². The first-order valence-corrected chi connectivity index (χ1v) is 30.7. The highest BCUT2D eigenvalue weighted by Crippen LogP contribution is 2.38. The predicted molar refractivity (Wildman–Crippen MR) is 289 cm³/mol. The van der Waals surface area contributed by atoms with E-state index < -0.39 is 20.0 Å². The smallest absolute Gasteiger partial charge is 0.268 e. The number of quaternary nitrogens is 1. The van der Waals surface area contributed by atoms with Gasteiger partial charge < -0.3 is 28.8 Å². The average Bonchev–Trinajstić information content (AvgIpc) is 3.29. The summed E-state index contributed by atoms with van der Waals surface area (Å²) in [5, 5.41) is 13.9. The second-order valence-electron chi connectivity index (χ2n) is 21.4. The number of likely N-dealkylation sites (N-methyl/N-ethyl adjacent to an activating group) is 1. The zero-order chi connectivity index (χ0) is 49.2. The van der Waals surface area contributed by atoms with Gasteiger partial charge in [0.1, 0.15) is 13.2 Å². The van der Waals surface area contributed by atoms with Gasteiger partial charge in [-0.3, -0.25) is 9.36 Å². The molecule has 0 aliphatic heterocycles. The first-order valence-electron chi connectivity index (χ1n) is 29.2. The summed E-state index contributed by atoms with van der Waals surface area (Å²) in [6.45, 7) is 4.68. The summed E-state index contributed by atoms with van der Waals surface area (Å²) < 4.78 is 23.3. The van der Waals surface area contributed by atoms with E-state index in [2.05, 4.69) is 31.3 Å². The monoisotopic (exact) mass is 967 g/mol. The lowest BCUT2D eigenvalue weighted by Gasteiger charge is -2.29. The van der Waals surface area contributed by atoms with Gasteiger partial charge in [0.25, 0.3) is 7.82 Å². The van der Waals surface area contributed by atoms with Gasteiger partial charge in [-0.05, 0) is 44.9 Å². The van der Waals surface area contributed by atoms with Gasteiger partial charge in [-0.15, -0.1) is 0 Å². The lowest BCUT2D eigenvalue weighted by atomic mass is 10.0. The lowest BCUT2D eigenvalue weighted by Crippen LogP contribution is -2.45. The zero-order valence-corrected chi connectivity index (χ0v) is 46.3. The fourth-order valence-electron chi connectivity index (χ4n) is 8.80. The van der Waals surface area contributed by atoms with E-state index in [-0.39, 0.29) is 19.1 Å². The van der Waals surface area contributed by atoms with Crippen LogP contribution < -0.4 is 10.2 Å². The van der Waals surface area contributed by atoms with Gasteiger partial charge in [-0.2, -0.15) is 0 Å². The van der Waals surface area contributed by atoms with Crippen molar-refractivity contribution in [2.75, 3.05) is 40.9 Å². The Labute approximate surface area is 417 Å². The number of phosphoric ester groups is 1. The molecule has 0 bridgehead atoms. The summed E-state index contributed by atoms with van der Waals surface area (Å²) in [4.78, 5) is 25.5. The van der Waals surface area contributed by atoms with E-state index in [9.17, 15) is 19.4 Å². The molecular weight excluding hydrogens is 852 g/mol. The Morgan fingerprint density at radius 2 is 0.821 bits per heavy atom. The maximum absolute atomic E-state index is 12.9. The van der Waals surface area contributed by atoms with E-state index in [4.69, 9.17) is 9.05 Å². The summed E-state index contributed by atoms with van der Waals surface area (Å²) in [6, 6.07) is -0.883. The number of carbonyl (C=O) groups is 1. The van der Waals surface area contributed by atoms with Crippen LogP contribution in [0.15, 0.2) is 24.3 Å². The van der Waals surface area contributed by atoms with Crippen LogP contribution in [0.3, 0.4) is 0 Å². The summed E-state index contributed by atoms with van der Waals surface area (Å²) in [5.41, 5.74) is 0. The summed E-state index contributed by atoms with van der Waals surface area (Å²) in [5.74, 6) is -0.193. The van der Waals surface area contributed by atoms with Gasteiger partial charge in [0.2, 0.25) is 5.91 Å². The largest absolute Gasteiger partial charge is 0.756 e. The Morgan fingerprint density at radius 1 is 0.507 bits per heavy atom. The number of allylic oxidation sites excluding steroid dienone is 3. The van der Waals surface area contributed by atoms with Crippen molar-refractivity contribution in [2.24, 2.45) is 0 Å². The van der Waals surface area contributed by atoms with Gasteiger partial charge in [-0.1, -0.05) is 263 Å². The molecule has 67 heavy (non-hydrogen) atoms. The third kappa shape index (κ3) is 52.6. The molecule has 0 aromatic heterocycles. The molecule has 0 aliphatic rings. The fourth-order valence-corrected chi connectivity index (χ4v) is 9.52. The number of hydrogen-bond acceptors (Lipinski definition) is 6. The van der Waals surface area contributed by atoms with Crippen LogP contribution in [-0.4, -0.2) is 68.5 Å². The van der Waals surface area contributed by atoms with E-state index in [0.717, 1.165) is 38.5 Å². The molecule has 0 aromatic rings. The van der Waals surface area contributed by atoms with Crippen molar-refractivity contribution in [2.45, 2.75) is 302 Å². The van der Waals surface area contributed by atoms with Crippen molar-refractivity contribution in [3.05, 3.63) is 24.3 Å². The summed E-state index contributed by atoms with van der Waals surface area (Å²) >= 11 is 0. The van der Waals surface area contributed by atoms with Crippen molar-refractivity contribution < 1.29 is 32.9 Å². The molecule has 3 unspecified atom stereocenters. The Kier molecular flexibility index (Phi) is 49.2. The summed E-state index contributed by atoms with van der Waals surface area (Å²) in [6.07, 6.45) is 62.6. The standard InChI is InChI=1S/C58H115N2O6P/c1-6-8-10-12-14-16-18-20-22-23-24-25-26-27-28-29-30-31-32-33-34-35-36-37-38-40-42-44-46-48-50-52-58(62)59-56(55-66-67(63,64)65-54-53-60(3,4)5)57(61)51-49-47-45-43-41-39-21-19-17-15-13-11-9-7-2/h27-28,49,51,56-57,61H,6-26,29-48,50,52-55H2,1-5H3,(H-,59,62,63,64)/b28-27-,51-49+. The molecule has 398 valence electrons. The predicted octanol–water partition coefficient (Wildman–Crippen LogP) is 17.0. The number of amides is 1. The minimum absolute atomic E-state index is 0.00106. The quantitative estimate of drug-likeness (QED) is 0.0272. The molecule has 9 heteroatoms. The number of aliphatic hydroxyl groups is 1. The van der Waals surface area contributed by atoms with Gasteiger partial charge in [0.15, 0.2) is 0 Å². The number of aliphatic hydroxyl groups excluding tert-OH is 1. The molecule has 3 atom stereocenters. The van der Waals surface area contributed by atoms with Crippen molar-refractivity contribution in [3.63, 3.8) is 0 Å². The maximum Gasteiger partial charge on any atom is 0.268 e. The first-order chi connectivity index (χ1) is 32.5. The van der Waals surface area contributed by atoms with Crippen molar-refractivity contribution in [3.8, 4) is 0 Å². The molecule has 0 aromatic carbocycles. The van der Waals surface area contributed by atoms with Gasteiger partial charge in [0.05, 0.1) is 39.9 Å². The second-order valence-corrected chi connectivity index (χ2v) is 22.8. The average molecular weight is 968 g/mol. The van der Waals surface area contributed by atoms with Crippen LogP contribution in [0.4, 0.5) is 0 Å². The highest BCUT2D eigenvalue weighted by molar-refractivity contribution is 7.45. The molecule has 0 fully saturated rings. The van der Waals surface area contributed by atoms with Crippen LogP contribution in [0.5, 0.6) is 0 Å². The molecule has 0 radical (unpaired) electrons. The third-order valence-electron chi connectivity index (χ3n) is 13.4. The number of phosphoric acid groups is 1. The normalized spacial score (nSPS) is 14.1. The molecular formula is C58H115N2O6P. The highest BCUT2D eigenvalue weighted by Gasteiger charge is 2.23. The fraction of sp³-hybridized carbons (Fsp3) is 0.914. The molecule has 2 N–H and O–H groups in total. The SMILES string of the molecule is CCCCCCCCCCCCCC/C=C\CCCCCCCCCCCCCCCCCC(=O)NC(COP(=O)([O-])OCC[N+](C)(C)C)C(O)/C=C/CCCCCCCCCCCCCC. The Bertz CT molecular complexity index is 1140. The van der Waals surface area contributed by atoms with Gasteiger partial charge in [0, 0.05) is 6.42 Å². The second kappa shape index (κ2) is 49.9. The number of rotatable bonds is 54. The van der Waals surface area contributed by atoms with Crippen LogP contribution >= 0.6 is 7.82 Å². The Hall–Kier alpha value is -1.02. The van der Waals surface area contributed by atoms with Crippen LogP contribution in [0.1, 0.15) is 290 Å². The Morgan fingerprint density at radius 3 is 1.16 bits per heavy atom. The van der Waals surface area contributed by atoms with Gasteiger partial charge >= 0.3 is 0 Å². The topological polar surface area (TPSA) is 108 Å². The van der Waals surface area contributed by atoms with E-state index in [1.165, 1.54) is 231 Å². The number of carbonyl (C=O) groups excluding carboxylic acids is 1. The molecule has 0 spiro atoms. The molecule has 1 amide bonds. The van der Waals surface area contributed by atoms with E-state index in [1.54, 1.807) is 6.08 Å². The van der Waals surface area contributed by atoms with Crippen LogP contribution in [-0.2, 0) is 18.4 Å². The van der Waals surface area contributed by atoms with E-state index >= 15 is 0 Å². The molecule has 0 saturated carbocycles. The first kappa shape index (κ1) is 66.0. The summed E-state index contributed by atoms with van der Waals surface area (Å²) in [7, 11) is 1.27. The molecule has 0 heterocycles. The van der Waals surface area contributed by atoms with Gasteiger partial charge in [-0.25, -0.2) is 0 Å². The minimum Gasteiger partial charge on any atom is -0.756 e. The van der Waals surface area contributed by atoms with Crippen molar-refractivity contribution in [1.29, 1.82) is 0 Å². The molecule has 0 aliphatic carbocycles. The highest BCUT2D eigenvalue weighted by atomic mass is 31.2. The maximum atomic E-state index is 12.9. The molecule has 8 nitrogen and oxygen atoms in total. The third-order valence-corrected chi connectivity index (χ3v) is 14.4. The van der Waals surface area contributed by atoms with Crippen molar-refractivity contribution >= 4 is 13.7 Å². The van der Waals surface area contributed by atoms with Crippen LogP contribution in [0.25, 0.3) is 0 Å². The van der Waals surface area contributed by atoms with Crippen LogP contribution in [0, 0.1) is 0 Å².